The van der Waals surface area contributed by atoms with Gasteiger partial charge in [-0.3, -0.25) is 0 Å². The van der Waals surface area contributed by atoms with Crippen LogP contribution in [-0.2, 0) is 0 Å². The van der Waals surface area contributed by atoms with E-state index in [0.29, 0.717) is 38.9 Å². The largest absolute Gasteiger partial charge is 0.488 e. The van der Waals surface area contributed by atoms with Crippen molar-refractivity contribution >= 4 is 39.7 Å². The Morgan fingerprint density at radius 3 is 2.74 bits per heavy atom. The third kappa shape index (κ3) is 3.90. The molecule has 4 rings (SSSR count). The zero-order valence-electron chi connectivity index (χ0n) is 14.7. The van der Waals surface area contributed by atoms with Gasteiger partial charge in [0.2, 0.25) is 0 Å². The highest BCUT2D eigenvalue weighted by molar-refractivity contribution is 6.36. The van der Waals surface area contributed by atoms with Crippen LogP contribution in [0.1, 0.15) is 32.1 Å². The zero-order valence-corrected chi connectivity index (χ0v) is 15.5. The second kappa shape index (κ2) is 7.56. The SMILES string of the molecule is Nc1cc(Cl)c2c(Nc3ccc(F)cc3OC3CCCCC3)ncnc2c1. The number of aromatic nitrogens is 2. The number of nitrogens with two attached hydrogens (primary N) is 1. The van der Waals surface area contributed by atoms with Gasteiger partial charge in [0.25, 0.3) is 0 Å². The first-order valence-electron chi connectivity index (χ1n) is 9.03. The predicted molar refractivity (Wildman–Crippen MR) is 106 cm³/mol. The fraction of sp³-hybridized carbons (Fsp3) is 0.300. The van der Waals surface area contributed by atoms with Crippen molar-refractivity contribution in [1.82, 2.24) is 9.97 Å². The van der Waals surface area contributed by atoms with E-state index in [1.165, 1.54) is 24.9 Å². The van der Waals surface area contributed by atoms with Crippen LogP contribution in [0.15, 0.2) is 36.7 Å². The molecule has 7 heteroatoms. The van der Waals surface area contributed by atoms with Gasteiger partial charge in [-0.25, -0.2) is 14.4 Å². The molecule has 0 radical (unpaired) electrons. The molecule has 1 aliphatic carbocycles. The molecule has 1 aromatic heterocycles. The Bertz CT molecular complexity index is 976. The molecular weight excluding hydrogens is 367 g/mol. The van der Waals surface area contributed by atoms with E-state index in [0.717, 1.165) is 25.7 Å². The predicted octanol–water partition coefficient (Wildman–Crippen LogP) is 5.46. The van der Waals surface area contributed by atoms with Crippen LogP contribution in [0.5, 0.6) is 5.75 Å². The topological polar surface area (TPSA) is 73.1 Å². The van der Waals surface area contributed by atoms with Crippen LogP contribution in [0.4, 0.5) is 21.6 Å². The number of nitrogens with zero attached hydrogens (tertiary/aromatic N) is 2. The monoisotopic (exact) mass is 386 g/mol. The highest BCUT2D eigenvalue weighted by Gasteiger charge is 2.18. The van der Waals surface area contributed by atoms with Gasteiger partial charge in [-0.15, -0.1) is 0 Å². The lowest BCUT2D eigenvalue weighted by Gasteiger charge is -2.24. The second-order valence-corrected chi connectivity index (χ2v) is 7.17. The summed E-state index contributed by atoms with van der Waals surface area (Å²) in [4.78, 5) is 8.53. The van der Waals surface area contributed by atoms with E-state index in [1.807, 2.05) is 0 Å². The number of rotatable bonds is 4. The van der Waals surface area contributed by atoms with Crippen LogP contribution in [0.25, 0.3) is 10.9 Å². The van der Waals surface area contributed by atoms with Gasteiger partial charge >= 0.3 is 0 Å². The summed E-state index contributed by atoms with van der Waals surface area (Å²) in [7, 11) is 0. The van der Waals surface area contributed by atoms with Gasteiger partial charge < -0.3 is 15.8 Å². The molecule has 3 N–H and O–H groups in total. The standard InChI is InChI=1S/C20H20ClFN4O/c21-15-9-13(23)10-17-19(15)20(25-11-24-17)26-16-7-6-12(22)8-18(16)27-14-4-2-1-3-5-14/h6-11,14H,1-5,23H2,(H,24,25,26). The van der Waals surface area contributed by atoms with Crippen molar-refractivity contribution in [2.75, 3.05) is 11.1 Å². The number of nitrogens with one attached hydrogen (secondary N) is 1. The highest BCUT2D eigenvalue weighted by Crippen LogP contribution is 2.35. The molecule has 3 aromatic rings. The Morgan fingerprint density at radius 1 is 1.11 bits per heavy atom. The first-order chi connectivity index (χ1) is 13.1. The van der Waals surface area contributed by atoms with E-state index in [4.69, 9.17) is 22.1 Å². The molecule has 5 nitrogen and oxygen atoms in total. The van der Waals surface area contributed by atoms with Crippen molar-refractivity contribution in [2.45, 2.75) is 38.2 Å². The molecule has 0 atom stereocenters. The highest BCUT2D eigenvalue weighted by atomic mass is 35.5. The van der Waals surface area contributed by atoms with Crippen LogP contribution in [0, 0.1) is 5.82 Å². The summed E-state index contributed by atoms with van der Waals surface area (Å²) in [5.74, 6) is 0.648. The molecular formula is C20H20ClFN4O. The summed E-state index contributed by atoms with van der Waals surface area (Å²) in [6.45, 7) is 0. The van der Waals surface area contributed by atoms with Crippen LogP contribution in [-0.4, -0.2) is 16.1 Å². The van der Waals surface area contributed by atoms with E-state index >= 15 is 0 Å². The van der Waals surface area contributed by atoms with Gasteiger partial charge in [-0.2, -0.15) is 0 Å². The number of hydrogen-bond donors (Lipinski definition) is 2. The maximum atomic E-state index is 13.8. The van der Waals surface area contributed by atoms with Crippen LogP contribution in [0.2, 0.25) is 5.02 Å². The second-order valence-electron chi connectivity index (χ2n) is 6.76. The number of fused-ring (bicyclic) bond motifs is 1. The Balaban J connectivity index is 1.69. The van der Waals surface area contributed by atoms with Crippen molar-refractivity contribution in [3.05, 3.63) is 47.5 Å². The van der Waals surface area contributed by atoms with Crippen molar-refractivity contribution in [1.29, 1.82) is 0 Å². The minimum Gasteiger partial charge on any atom is -0.488 e. The quantitative estimate of drug-likeness (QED) is 0.582. The van der Waals surface area contributed by atoms with Crippen LogP contribution >= 0.6 is 11.6 Å². The molecule has 1 heterocycles. The number of nitrogen functional groups attached to an aromatic ring is 1. The van der Waals surface area contributed by atoms with Crippen molar-refractivity contribution < 1.29 is 9.13 Å². The Kier molecular flexibility index (Phi) is 4.99. The molecule has 0 spiro atoms. The smallest absolute Gasteiger partial charge is 0.146 e. The van der Waals surface area contributed by atoms with Gasteiger partial charge in [-0.05, 0) is 49.9 Å². The minimum atomic E-state index is -0.343. The molecule has 0 bridgehead atoms. The van der Waals surface area contributed by atoms with Gasteiger partial charge in [0.1, 0.15) is 23.7 Å². The molecule has 0 saturated heterocycles. The van der Waals surface area contributed by atoms with E-state index < -0.39 is 0 Å². The maximum absolute atomic E-state index is 13.8. The van der Waals surface area contributed by atoms with E-state index in [9.17, 15) is 4.39 Å². The number of halogens is 2. The zero-order chi connectivity index (χ0) is 18.8. The van der Waals surface area contributed by atoms with Crippen molar-refractivity contribution in [2.24, 2.45) is 0 Å². The first kappa shape index (κ1) is 17.8. The van der Waals surface area contributed by atoms with E-state index in [-0.39, 0.29) is 11.9 Å². The summed E-state index contributed by atoms with van der Waals surface area (Å²) >= 11 is 6.36. The van der Waals surface area contributed by atoms with Gasteiger partial charge in [-0.1, -0.05) is 18.0 Å². The number of ether oxygens (including phenoxy) is 1. The summed E-state index contributed by atoms with van der Waals surface area (Å²) in [6, 6.07) is 7.83. The minimum absolute atomic E-state index is 0.103. The van der Waals surface area contributed by atoms with E-state index in [2.05, 4.69) is 15.3 Å². The Morgan fingerprint density at radius 2 is 1.93 bits per heavy atom. The molecule has 140 valence electrons. The van der Waals surface area contributed by atoms with Crippen LogP contribution < -0.4 is 15.8 Å². The van der Waals surface area contributed by atoms with Crippen LogP contribution in [0.3, 0.4) is 0 Å². The number of anilines is 3. The normalized spacial score (nSPS) is 15.0. The Hall–Kier alpha value is -2.60. The molecule has 1 saturated carbocycles. The molecule has 27 heavy (non-hydrogen) atoms. The summed E-state index contributed by atoms with van der Waals surface area (Å²) < 4.78 is 19.9. The lowest BCUT2D eigenvalue weighted by atomic mass is 9.98. The fourth-order valence-electron chi connectivity index (χ4n) is 3.44. The fourth-order valence-corrected chi connectivity index (χ4v) is 3.76. The molecule has 0 unspecified atom stereocenters. The maximum Gasteiger partial charge on any atom is 0.146 e. The number of benzene rings is 2. The third-order valence-corrected chi connectivity index (χ3v) is 5.05. The van der Waals surface area contributed by atoms with Crippen molar-refractivity contribution in [3.8, 4) is 5.75 Å². The Labute approximate surface area is 161 Å². The molecule has 2 aromatic carbocycles. The van der Waals surface area contributed by atoms with Gasteiger partial charge in [0.05, 0.1) is 27.7 Å². The molecule has 1 aliphatic rings. The summed E-state index contributed by atoms with van der Waals surface area (Å²) in [6.07, 6.45) is 7.00. The van der Waals surface area contributed by atoms with Crippen molar-refractivity contribution in [3.63, 3.8) is 0 Å². The first-order valence-corrected chi connectivity index (χ1v) is 9.41. The van der Waals surface area contributed by atoms with Gasteiger partial charge in [0, 0.05) is 11.8 Å². The molecule has 0 aliphatic heterocycles. The number of hydrogen-bond acceptors (Lipinski definition) is 5. The van der Waals surface area contributed by atoms with E-state index in [1.54, 1.807) is 18.2 Å². The average molecular weight is 387 g/mol. The molecule has 1 fully saturated rings. The van der Waals surface area contributed by atoms with Gasteiger partial charge in [0.15, 0.2) is 0 Å². The average Bonchev–Trinajstić information content (AvgIpc) is 2.64. The lowest BCUT2D eigenvalue weighted by Crippen LogP contribution is -2.20. The summed E-state index contributed by atoms with van der Waals surface area (Å²) in [5, 5.41) is 4.33. The third-order valence-electron chi connectivity index (χ3n) is 4.75. The lowest BCUT2D eigenvalue weighted by molar-refractivity contribution is 0.155. The summed E-state index contributed by atoms with van der Waals surface area (Å²) in [5.41, 5.74) is 7.64. The molecule has 0 amide bonds.